The summed E-state index contributed by atoms with van der Waals surface area (Å²) in [6, 6.07) is 17.9. The van der Waals surface area contributed by atoms with E-state index in [9.17, 15) is 19.5 Å². The molecule has 0 saturated carbocycles. The van der Waals surface area contributed by atoms with Gasteiger partial charge in [-0.15, -0.1) is 0 Å². The van der Waals surface area contributed by atoms with E-state index in [2.05, 4.69) is 10.6 Å². The number of phenolic OH excluding ortho intramolecular Hbond substituents is 1. The van der Waals surface area contributed by atoms with Crippen molar-refractivity contribution in [3.05, 3.63) is 72.3 Å². The third-order valence-corrected chi connectivity index (χ3v) is 3.74. The molecule has 0 unspecified atom stereocenters. The van der Waals surface area contributed by atoms with Gasteiger partial charge in [0.1, 0.15) is 11.3 Å². The van der Waals surface area contributed by atoms with Gasteiger partial charge in [-0.1, -0.05) is 48.5 Å². The molecular weight excluding hydrogens is 348 g/mol. The lowest BCUT2D eigenvalue weighted by Crippen LogP contribution is -2.37. The summed E-state index contributed by atoms with van der Waals surface area (Å²) >= 11 is 0. The Labute approximate surface area is 154 Å². The Balaban J connectivity index is 1.56. The molecule has 3 aromatic rings. The molecule has 7 heteroatoms. The monoisotopic (exact) mass is 364 g/mol. The van der Waals surface area contributed by atoms with Crippen LogP contribution >= 0.6 is 0 Å². The first-order valence-electron chi connectivity index (χ1n) is 8.08. The molecule has 0 saturated heterocycles. The number of aromatic hydroxyl groups is 1. The van der Waals surface area contributed by atoms with Gasteiger partial charge in [0.2, 0.25) is 0 Å². The summed E-state index contributed by atoms with van der Waals surface area (Å²) in [6.07, 6.45) is 0. The number of rotatable bonds is 4. The SMILES string of the molecule is O=C(COC(=O)c1ccc2ccccc2c1O)NC(=O)Nc1ccccc1. The zero-order chi connectivity index (χ0) is 19.2. The van der Waals surface area contributed by atoms with Crippen molar-refractivity contribution in [2.24, 2.45) is 0 Å². The van der Waals surface area contributed by atoms with Crippen LogP contribution < -0.4 is 10.6 Å². The fourth-order valence-electron chi connectivity index (χ4n) is 2.48. The largest absolute Gasteiger partial charge is 0.506 e. The normalized spacial score (nSPS) is 10.2. The molecule has 0 aromatic heterocycles. The molecule has 0 bridgehead atoms. The van der Waals surface area contributed by atoms with Crippen LogP contribution in [0.5, 0.6) is 5.75 Å². The molecule has 136 valence electrons. The Morgan fingerprint density at radius 2 is 1.59 bits per heavy atom. The predicted octanol–water partition coefficient (Wildman–Crippen LogP) is 3.05. The minimum absolute atomic E-state index is 0.0600. The molecule has 0 radical (unpaired) electrons. The number of benzene rings is 3. The fraction of sp³-hybridized carbons (Fsp3) is 0.0500. The first kappa shape index (κ1) is 17.9. The van der Waals surface area contributed by atoms with Gasteiger partial charge in [0, 0.05) is 11.1 Å². The van der Waals surface area contributed by atoms with E-state index in [0.29, 0.717) is 11.1 Å². The minimum Gasteiger partial charge on any atom is -0.506 e. The molecule has 0 spiro atoms. The third-order valence-electron chi connectivity index (χ3n) is 3.74. The van der Waals surface area contributed by atoms with Gasteiger partial charge in [0.05, 0.1) is 0 Å². The van der Waals surface area contributed by atoms with E-state index < -0.39 is 24.5 Å². The summed E-state index contributed by atoms with van der Waals surface area (Å²) in [6.45, 7) is -0.659. The lowest BCUT2D eigenvalue weighted by Gasteiger charge is -2.09. The number of fused-ring (bicyclic) bond motifs is 1. The van der Waals surface area contributed by atoms with Gasteiger partial charge < -0.3 is 15.2 Å². The van der Waals surface area contributed by atoms with Gasteiger partial charge in [-0.05, 0) is 23.6 Å². The summed E-state index contributed by atoms with van der Waals surface area (Å²) in [4.78, 5) is 35.6. The van der Waals surface area contributed by atoms with E-state index in [1.54, 1.807) is 54.6 Å². The van der Waals surface area contributed by atoms with Crippen LogP contribution in [0.25, 0.3) is 10.8 Å². The van der Waals surface area contributed by atoms with E-state index in [0.717, 1.165) is 5.39 Å². The van der Waals surface area contributed by atoms with Crippen LogP contribution in [-0.2, 0) is 9.53 Å². The van der Waals surface area contributed by atoms with Gasteiger partial charge in [-0.3, -0.25) is 10.1 Å². The van der Waals surface area contributed by atoms with Crippen LogP contribution in [0, 0.1) is 0 Å². The Morgan fingerprint density at radius 1 is 0.889 bits per heavy atom. The van der Waals surface area contributed by atoms with Gasteiger partial charge in [-0.25, -0.2) is 9.59 Å². The number of anilines is 1. The van der Waals surface area contributed by atoms with E-state index in [1.807, 2.05) is 6.07 Å². The van der Waals surface area contributed by atoms with Crippen molar-refractivity contribution in [3.8, 4) is 5.75 Å². The van der Waals surface area contributed by atoms with E-state index in [-0.39, 0.29) is 11.3 Å². The highest BCUT2D eigenvalue weighted by molar-refractivity contribution is 6.04. The fourth-order valence-corrected chi connectivity index (χ4v) is 2.48. The summed E-state index contributed by atoms with van der Waals surface area (Å²) in [7, 11) is 0. The molecule has 3 rings (SSSR count). The van der Waals surface area contributed by atoms with Crippen molar-refractivity contribution < 1.29 is 24.2 Å². The van der Waals surface area contributed by atoms with Crippen LogP contribution in [0.15, 0.2) is 66.7 Å². The number of phenols is 1. The number of amides is 3. The Bertz CT molecular complexity index is 1000. The number of carbonyl (C=O) groups excluding carboxylic acids is 3. The average molecular weight is 364 g/mol. The van der Waals surface area contributed by atoms with E-state index in [4.69, 9.17) is 4.74 Å². The van der Waals surface area contributed by atoms with Gasteiger partial charge in [0.15, 0.2) is 6.61 Å². The van der Waals surface area contributed by atoms with Gasteiger partial charge >= 0.3 is 12.0 Å². The first-order chi connectivity index (χ1) is 13.0. The number of esters is 1. The highest BCUT2D eigenvalue weighted by Crippen LogP contribution is 2.28. The molecular formula is C20H16N2O5. The second-order valence-corrected chi connectivity index (χ2v) is 5.63. The van der Waals surface area contributed by atoms with Crippen molar-refractivity contribution >= 4 is 34.4 Å². The quantitative estimate of drug-likeness (QED) is 0.617. The standard InChI is InChI=1S/C20H16N2O5/c23-17(22-20(26)21-14-7-2-1-3-8-14)12-27-19(25)16-11-10-13-6-4-5-9-15(13)18(16)24/h1-11,24H,12H2,(H2,21,22,23,26). The summed E-state index contributed by atoms with van der Waals surface area (Å²) < 4.78 is 4.88. The zero-order valence-electron chi connectivity index (χ0n) is 14.1. The number of nitrogens with one attached hydrogen (secondary N) is 2. The summed E-state index contributed by atoms with van der Waals surface area (Å²) in [5.41, 5.74) is 0.455. The van der Waals surface area contributed by atoms with E-state index in [1.165, 1.54) is 6.07 Å². The van der Waals surface area contributed by atoms with Crippen LogP contribution in [0.1, 0.15) is 10.4 Å². The topological polar surface area (TPSA) is 105 Å². The third kappa shape index (κ3) is 4.40. The zero-order valence-corrected chi connectivity index (χ0v) is 14.1. The molecule has 0 heterocycles. The van der Waals surface area contributed by atoms with Crippen LogP contribution in [0.3, 0.4) is 0 Å². The summed E-state index contributed by atoms with van der Waals surface area (Å²) in [5, 5.41) is 16.0. The van der Waals surface area contributed by atoms with Crippen LogP contribution in [-0.4, -0.2) is 29.6 Å². The predicted molar refractivity (Wildman–Crippen MR) is 99.5 cm³/mol. The first-order valence-corrected chi connectivity index (χ1v) is 8.08. The lowest BCUT2D eigenvalue weighted by molar-refractivity contribution is -0.123. The van der Waals surface area contributed by atoms with Crippen LogP contribution in [0.4, 0.5) is 10.5 Å². The number of para-hydroxylation sites is 1. The lowest BCUT2D eigenvalue weighted by atomic mass is 10.1. The molecule has 0 aliphatic rings. The molecule has 3 aromatic carbocycles. The number of ether oxygens (including phenoxy) is 1. The number of hydrogen-bond acceptors (Lipinski definition) is 5. The van der Waals surface area contributed by atoms with Crippen molar-refractivity contribution in [3.63, 3.8) is 0 Å². The van der Waals surface area contributed by atoms with Gasteiger partial charge in [-0.2, -0.15) is 0 Å². The maximum Gasteiger partial charge on any atom is 0.342 e. The molecule has 3 N–H and O–H groups in total. The second kappa shape index (κ2) is 8.01. The summed E-state index contributed by atoms with van der Waals surface area (Å²) in [5.74, 6) is -1.88. The minimum atomic E-state index is -0.864. The van der Waals surface area contributed by atoms with E-state index >= 15 is 0 Å². The smallest absolute Gasteiger partial charge is 0.342 e. The highest BCUT2D eigenvalue weighted by Gasteiger charge is 2.17. The number of carbonyl (C=O) groups is 3. The second-order valence-electron chi connectivity index (χ2n) is 5.63. The van der Waals surface area contributed by atoms with Crippen molar-refractivity contribution in [2.45, 2.75) is 0 Å². The molecule has 0 atom stereocenters. The number of imide groups is 1. The molecule has 27 heavy (non-hydrogen) atoms. The van der Waals surface area contributed by atoms with Gasteiger partial charge in [0.25, 0.3) is 5.91 Å². The maximum atomic E-state index is 12.1. The Morgan fingerprint density at radius 3 is 2.37 bits per heavy atom. The highest BCUT2D eigenvalue weighted by atomic mass is 16.5. The van der Waals surface area contributed by atoms with Crippen LogP contribution in [0.2, 0.25) is 0 Å². The molecule has 7 nitrogen and oxygen atoms in total. The molecule has 0 aliphatic heterocycles. The number of urea groups is 1. The van der Waals surface area contributed by atoms with Crippen molar-refractivity contribution in [1.82, 2.24) is 5.32 Å². The Hall–Kier alpha value is -3.87. The average Bonchev–Trinajstić information content (AvgIpc) is 2.67. The molecule has 0 aliphatic carbocycles. The molecule has 3 amide bonds. The molecule has 0 fully saturated rings. The number of hydrogen-bond donors (Lipinski definition) is 3. The maximum absolute atomic E-state index is 12.1. The van der Waals surface area contributed by atoms with Crippen molar-refractivity contribution in [2.75, 3.05) is 11.9 Å². The Kier molecular flexibility index (Phi) is 5.32. The van der Waals surface area contributed by atoms with Crippen molar-refractivity contribution in [1.29, 1.82) is 0 Å².